The first-order valence-electron chi connectivity index (χ1n) is 9.02. The van der Waals surface area contributed by atoms with Gasteiger partial charge in [-0.2, -0.15) is 0 Å². The molecular formula is C21H24FN2O3P. The van der Waals surface area contributed by atoms with E-state index in [-0.39, 0.29) is 17.9 Å². The largest absolute Gasteiger partial charge is 0.336 e. The fourth-order valence-electron chi connectivity index (χ4n) is 3.12. The maximum atomic E-state index is 13.5. The van der Waals surface area contributed by atoms with Crippen LogP contribution in [-0.4, -0.2) is 23.8 Å². The van der Waals surface area contributed by atoms with E-state index in [4.69, 9.17) is 14.0 Å². The maximum Gasteiger partial charge on any atom is 0.336 e. The van der Waals surface area contributed by atoms with Gasteiger partial charge in [-0.15, -0.1) is 0 Å². The van der Waals surface area contributed by atoms with E-state index in [1.165, 1.54) is 26.4 Å². The number of imidazole rings is 1. The number of aromatic nitrogens is 2. The molecule has 0 saturated carbocycles. The van der Waals surface area contributed by atoms with E-state index in [1.807, 2.05) is 48.7 Å². The molecule has 3 rings (SSSR count). The molecule has 0 unspecified atom stereocenters. The van der Waals surface area contributed by atoms with Crippen LogP contribution in [0.1, 0.15) is 31.2 Å². The molecule has 0 bridgehead atoms. The second-order valence-corrected chi connectivity index (χ2v) is 9.00. The summed E-state index contributed by atoms with van der Waals surface area (Å²) in [5.41, 5.74) is 3.17. The minimum atomic E-state index is -3.34. The predicted molar refractivity (Wildman–Crippen MR) is 108 cm³/mol. The van der Waals surface area contributed by atoms with E-state index in [2.05, 4.69) is 0 Å². The van der Waals surface area contributed by atoms with Crippen molar-refractivity contribution in [3.63, 3.8) is 0 Å². The summed E-state index contributed by atoms with van der Waals surface area (Å²) in [4.78, 5) is 4.87. The van der Waals surface area contributed by atoms with Gasteiger partial charge in [-0.1, -0.05) is 44.2 Å². The van der Waals surface area contributed by atoms with E-state index >= 15 is 0 Å². The Hall–Kier alpha value is -2.27. The normalized spacial score (nSPS) is 11.9. The highest BCUT2D eigenvalue weighted by Crippen LogP contribution is 2.51. The number of hydrogen-bond acceptors (Lipinski definition) is 4. The zero-order chi connectivity index (χ0) is 20.3. The number of rotatable bonds is 7. The summed E-state index contributed by atoms with van der Waals surface area (Å²) < 4.78 is 38.7. The lowest BCUT2D eigenvalue weighted by Gasteiger charge is -2.18. The lowest BCUT2D eigenvalue weighted by atomic mass is 10.1. The van der Waals surface area contributed by atoms with E-state index in [0.717, 1.165) is 22.6 Å². The molecule has 0 amide bonds. The molecule has 5 nitrogen and oxygen atoms in total. The summed E-state index contributed by atoms with van der Waals surface area (Å²) in [5, 5.41) is 0. The zero-order valence-corrected chi connectivity index (χ0v) is 17.3. The van der Waals surface area contributed by atoms with Crippen molar-refractivity contribution in [2.45, 2.75) is 25.9 Å². The van der Waals surface area contributed by atoms with Gasteiger partial charge >= 0.3 is 7.60 Å². The Labute approximate surface area is 164 Å². The number of halogens is 1. The van der Waals surface area contributed by atoms with Crippen molar-refractivity contribution in [2.75, 3.05) is 14.2 Å². The highest BCUT2D eigenvalue weighted by Gasteiger charge is 2.30. The van der Waals surface area contributed by atoms with Gasteiger partial charge in [0.05, 0.1) is 17.5 Å². The van der Waals surface area contributed by atoms with Crippen LogP contribution in [-0.2, 0) is 19.8 Å². The van der Waals surface area contributed by atoms with Crippen LogP contribution in [0.4, 0.5) is 4.39 Å². The average molecular weight is 402 g/mol. The van der Waals surface area contributed by atoms with E-state index in [0.29, 0.717) is 5.82 Å². The molecular weight excluding hydrogens is 378 g/mol. The van der Waals surface area contributed by atoms with Gasteiger partial charge in [-0.05, 0) is 30.2 Å². The summed E-state index contributed by atoms with van der Waals surface area (Å²) in [5.74, 6) is 0.459. The molecule has 1 aromatic heterocycles. The monoisotopic (exact) mass is 402 g/mol. The highest BCUT2D eigenvalue weighted by atomic mass is 31.2. The summed E-state index contributed by atoms with van der Waals surface area (Å²) in [6.45, 7) is 4.06. The van der Waals surface area contributed by atoms with E-state index < -0.39 is 7.60 Å². The van der Waals surface area contributed by atoms with Crippen molar-refractivity contribution in [3.8, 4) is 17.1 Å². The van der Waals surface area contributed by atoms with Gasteiger partial charge in [0.1, 0.15) is 11.6 Å². The van der Waals surface area contributed by atoms with Gasteiger partial charge in [0.25, 0.3) is 0 Å². The number of benzene rings is 2. The standard InChI is InChI=1S/C21H24FN2O3P/c1-15(2)20-19(14-28(25,26-3)27-4)24(18-12-10-17(22)11-13-18)21(23-20)16-8-6-5-7-9-16/h5-13,15H,14H2,1-4H3. The molecule has 0 radical (unpaired) electrons. The lowest BCUT2D eigenvalue weighted by Crippen LogP contribution is -2.06. The highest BCUT2D eigenvalue weighted by molar-refractivity contribution is 7.52. The molecule has 0 atom stereocenters. The van der Waals surface area contributed by atoms with Crippen LogP contribution in [0.5, 0.6) is 0 Å². The molecule has 0 N–H and O–H groups in total. The minimum Gasteiger partial charge on any atom is -0.312 e. The third-order valence-corrected chi connectivity index (χ3v) is 6.37. The summed E-state index contributed by atoms with van der Waals surface area (Å²) in [7, 11) is -0.598. The summed E-state index contributed by atoms with van der Waals surface area (Å²) in [6.07, 6.45) is 0.0602. The van der Waals surface area contributed by atoms with Crippen LogP contribution in [0.2, 0.25) is 0 Å². The predicted octanol–water partition coefficient (Wildman–Crippen LogP) is 5.79. The molecule has 0 aliphatic heterocycles. The molecule has 0 spiro atoms. The maximum absolute atomic E-state index is 13.5. The fourth-order valence-corrected chi connectivity index (χ4v) is 4.20. The van der Waals surface area contributed by atoms with Crippen molar-refractivity contribution in [1.29, 1.82) is 0 Å². The topological polar surface area (TPSA) is 53.3 Å². The molecule has 1 heterocycles. The van der Waals surface area contributed by atoms with Crippen molar-refractivity contribution < 1.29 is 18.0 Å². The van der Waals surface area contributed by atoms with Gasteiger partial charge in [0.15, 0.2) is 0 Å². The minimum absolute atomic E-state index is 0.0602. The summed E-state index contributed by atoms with van der Waals surface area (Å²) in [6, 6.07) is 15.9. The molecule has 3 aromatic rings. The molecule has 0 aliphatic carbocycles. The summed E-state index contributed by atoms with van der Waals surface area (Å²) >= 11 is 0. The fraction of sp³-hybridized carbons (Fsp3) is 0.286. The van der Waals surface area contributed by atoms with Gasteiger partial charge in [-0.3, -0.25) is 9.13 Å². The quantitative estimate of drug-likeness (QED) is 0.470. The van der Waals surface area contributed by atoms with Crippen molar-refractivity contribution in [3.05, 3.63) is 71.8 Å². The Kier molecular flexibility index (Phi) is 6.14. The van der Waals surface area contributed by atoms with Crippen LogP contribution in [0.15, 0.2) is 54.6 Å². The first kappa shape index (κ1) is 20.5. The number of nitrogens with zero attached hydrogens (tertiary/aromatic N) is 2. The Morgan fingerprint density at radius 2 is 1.64 bits per heavy atom. The number of hydrogen-bond donors (Lipinski definition) is 0. The first-order valence-corrected chi connectivity index (χ1v) is 10.7. The molecule has 0 aliphatic rings. The van der Waals surface area contributed by atoms with Crippen molar-refractivity contribution >= 4 is 7.60 Å². The Morgan fingerprint density at radius 1 is 1.04 bits per heavy atom. The van der Waals surface area contributed by atoms with Crippen LogP contribution in [0.25, 0.3) is 17.1 Å². The third kappa shape index (κ3) is 4.09. The smallest absolute Gasteiger partial charge is 0.312 e. The third-order valence-electron chi connectivity index (χ3n) is 4.57. The van der Waals surface area contributed by atoms with Crippen LogP contribution in [0, 0.1) is 5.82 Å². The lowest BCUT2D eigenvalue weighted by molar-refractivity contribution is 0.274. The van der Waals surface area contributed by atoms with E-state index in [9.17, 15) is 8.96 Å². The SMILES string of the molecule is COP(=O)(Cc1c(C(C)C)nc(-c2ccccc2)n1-c1ccc(F)cc1)OC. The van der Waals surface area contributed by atoms with Gasteiger partial charge < -0.3 is 9.05 Å². The average Bonchev–Trinajstić information content (AvgIpc) is 3.08. The van der Waals surface area contributed by atoms with E-state index in [1.54, 1.807) is 12.1 Å². The second kappa shape index (κ2) is 8.39. The molecule has 28 heavy (non-hydrogen) atoms. The van der Waals surface area contributed by atoms with Crippen LogP contribution >= 0.6 is 7.60 Å². The molecule has 7 heteroatoms. The Bertz CT molecular complexity index is 977. The molecule has 2 aromatic carbocycles. The van der Waals surface area contributed by atoms with Gasteiger partial charge in [-0.25, -0.2) is 9.37 Å². The zero-order valence-electron chi connectivity index (χ0n) is 16.4. The Balaban J connectivity index is 2.30. The van der Waals surface area contributed by atoms with Crippen LogP contribution < -0.4 is 0 Å². The molecule has 0 fully saturated rings. The molecule has 0 saturated heterocycles. The van der Waals surface area contributed by atoms with Gasteiger partial charge in [0.2, 0.25) is 0 Å². The van der Waals surface area contributed by atoms with Crippen molar-refractivity contribution in [2.24, 2.45) is 0 Å². The second-order valence-electron chi connectivity index (χ2n) is 6.73. The van der Waals surface area contributed by atoms with Crippen molar-refractivity contribution in [1.82, 2.24) is 9.55 Å². The molecule has 148 valence electrons. The Morgan fingerprint density at radius 3 is 2.18 bits per heavy atom. The first-order chi connectivity index (χ1) is 13.4. The van der Waals surface area contributed by atoms with Crippen LogP contribution in [0.3, 0.4) is 0 Å². The van der Waals surface area contributed by atoms with Gasteiger partial charge in [0, 0.05) is 25.5 Å².